The maximum Gasteiger partial charge on any atom is 0.410 e. The summed E-state index contributed by atoms with van der Waals surface area (Å²) in [6.07, 6.45) is -0.425. The van der Waals surface area contributed by atoms with E-state index in [-0.39, 0.29) is 24.9 Å². The summed E-state index contributed by atoms with van der Waals surface area (Å²) in [6, 6.07) is 8.02. The summed E-state index contributed by atoms with van der Waals surface area (Å²) in [5.41, 5.74) is 1.65. The zero-order chi connectivity index (χ0) is 31.1. The van der Waals surface area contributed by atoms with Crippen molar-refractivity contribution >= 4 is 24.0 Å². The first-order chi connectivity index (χ1) is 20.0. The molecule has 1 fully saturated rings. The first-order valence-corrected chi connectivity index (χ1v) is 12.7. The monoisotopic (exact) mass is 596 g/mol. The zero-order valence-corrected chi connectivity index (χ0v) is 23.2. The minimum absolute atomic E-state index is 0.00711. The highest BCUT2D eigenvalue weighted by Gasteiger charge is 2.48. The number of carbonyl (C=O) groups excluding carboxylic acids is 3. The molecule has 1 aliphatic rings. The van der Waals surface area contributed by atoms with Gasteiger partial charge >= 0.3 is 12.2 Å². The SMILES string of the molecule is CCc1nocc1C(=O)NCC=O.CNc1cc(C(COC)N2CC(C(F)(F)F)NC2=O)ccn1.Fc1ccccc1. The van der Waals surface area contributed by atoms with Crippen molar-refractivity contribution in [2.75, 3.05) is 39.2 Å². The van der Waals surface area contributed by atoms with Crippen LogP contribution in [0.4, 0.5) is 28.2 Å². The van der Waals surface area contributed by atoms with Crippen LogP contribution in [0.25, 0.3) is 0 Å². The smallest absolute Gasteiger partial charge is 0.382 e. The number of anilines is 1. The number of carbonyl (C=O) groups is 3. The Kier molecular flexibility index (Phi) is 13.4. The van der Waals surface area contributed by atoms with Crippen molar-refractivity contribution in [2.24, 2.45) is 0 Å². The van der Waals surface area contributed by atoms with Gasteiger partial charge in [-0.1, -0.05) is 30.3 Å². The quantitative estimate of drug-likeness (QED) is 0.251. The minimum Gasteiger partial charge on any atom is -0.382 e. The summed E-state index contributed by atoms with van der Waals surface area (Å²) in [6.45, 7) is 1.51. The molecule has 3 amide bonds. The number of urea groups is 1. The minimum atomic E-state index is -4.48. The number of amides is 3. The van der Waals surface area contributed by atoms with Gasteiger partial charge in [-0.25, -0.2) is 14.2 Å². The van der Waals surface area contributed by atoms with E-state index < -0.39 is 30.8 Å². The van der Waals surface area contributed by atoms with Crippen molar-refractivity contribution in [3.8, 4) is 0 Å². The molecule has 1 aliphatic heterocycles. The Balaban J connectivity index is 0.000000258. The molecular weight excluding hydrogens is 564 g/mol. The Labute approximate surface area is 239 Å². The summed E-state index contributed by atoms with van der Waals surface area (Å²) < 4.78 is 60.0. The summed E-state index contributed by atoms with van der Waals surface area (Å²) in [5, 5.41) is 10.8. The second kappa shape index (κ2) is 16.7. The molecular formula is C27H32F4N6O5. The molecule has 2 atom stereocenters. The highest BCUT2D eigenvalue weighted by Crippen LogP contribution is 2.30. The number of aryl methyl sites for hydroxylation is 1. The standard InChI is InChI=1S/C13H17F3N4O2.C8H10N2O3.C6H5F/c1-17-11-5-8(3-4-18-11)9(7-22-2)20-6-10(13(14,15)16)19-12(20)21;1-2-7-6(5-13-10-7)8(12)9-3-4-11;7-6-4-2-1-3-5-6/h3-5,9-10H,6-7H2,1-2H3,(H,17,18)(H,19,21);4-5H,2-3H2,1H3,(H,9,12);1-5H. The molecule has 3 aromatic rings. The van der Waals surface area contributed by atoms with E-state index in [0.29, 0.717) is 35.3 Å². The summed E-state index contributed by atoms with van der Waals surface area (Å²) >= 11 is 0. The zero-order valence-electron chi connectivity index (χ0n) is 23.2. The van der Waals surface area contributed by atoms with Crippen molar-refractivity contribution in [2.45, 2.75) is 31.6 Å². The van der Waals surface area contributed by atoms with E-state index in [1.54, 1.807) is 37.4 Å². The van der Waals surface area contributed by atoms with Gasteiger partial charge in [0.15, 0.2) is 0 Å². The normalized spacial score (nSPS) is 14.9. The fourth-order valence-electron chi connectivity index (χ4n) is 3.67. The van der Waals surface area contributed by atoms with Crippen molar-refractivity contribution in [3.63, 3.8) is 0 Å². The molecule has 42 heavy (non-hydrogen) atoms. The summed E-state index contributed by atoms with van der Waals surface area (Å²) in [4.78, 5) is 38.3. The van der Waals surface area contributed by atoms with Crippen molar-refractivity contribution in [3.05, 3.63) is 77.6 Å². The van der Waals surface area contributed by atoms with Crippen LogP contribution in [0, 0.1) is 5.82 Å². The molecule has 0 radical (unpaired) electrons. The lowest BCUT2D eigenvalue weighted by Gasteiger charge is -2.27. The number of nitrogens with one attached hydrogen (secondary N) is 3. The number of nitrogens with zero attached hydrogens (tertiary/aromatic N) is 3. The average molecular weight is 597 g/mol. The maximum absolute atomic E-state index is 12.8. The van der Waals surface area contributed by atoms with Gasteiger partial charge in [-0.2, -0.15) is 13.2 Å². The largest absolute Gasteiger partial charge is 0.410 e. The number of hydrogen-bond acceptors (Lipinski definition) is 8. The molecule has 4 rings (SSSR count). The van der Waals surface area contributed by atoms with Gasteiger partial charge in [-0.15, -0.1) is 0 Å². The van der Waals surface area contributed by atoms with Crippen LogP contribution in [0.3, 0.4) is 0 Å². The predicted octanol–water partition coefficient (Wildman–Crippen LogP) is 3.76. The third-order valence-corrected chi connectivity index (χ3v) is 5.76. The molecule has 0 spiro atoms. The second-order valence-electron chi connectivity index (χ2n) is 8.59. The molecule has 0 saturated carbocycles. The number of aromatic nitrogens is 2. The van der Waals surface area contributed by atoms with Crippen LogP contribution in [0.2, 0.25) is 0 Å². The van der Waals surface area contributed by atoms with Gasteiger partial charge in [0.1, 0.15) is 35.8 Å². The molecule has 0 bridgehead atoms. The second-order valence-corrected chi connectivity index (χ2v) is 8.59. The molecule has 0 aliphatic carbocycles. The number of rotatable bonds is 9. The topological polar surface area (TPSA) is 139 Å². The van der Waals surface area contributed by atoms with Gasteiger partial charge in [-0.05, 0) is 36.2 Å². The van der Waals surface area contributed by atoms with Gasteiger partial charge in [0.25, 0.3) is 5.91 Å². The number of halogens is 4. The summed E-state index contributed by atoms with van der Waals surface area (Å²) in [5.74, 6) is 0.0540. The van der Waals surface area contributed by atoms with E-state index in [9.17, 15) is 31.9 Å². The Hall–Kier alpha value is -4.53. The Morgan fingerprint density at radius 3 is 2.52 bits per heavy atom. The first kappa shape index (κ1) is 33.7. The molecule has 1 aromatic carbocycles. The van der Waals surface area contributed by atoms with Crippen molar-refractivity contribution < 1.29 is 41.2 Å². The highest BCUT2D eigenvalue weighted by molar-refractivity contribution is 5.95. The molecule has 15 heteroatoms. The molecule has 3 N–H and O–H groups in total. The van der Waals surface area contributed by atoms with E-state index >= 15 is 0 Å². The number of benzene rings is 1. The first-order valence-electron chi connectivity index (χ1n) is 12.7. The number of pyridine rings is 1. The molecule has 1 saturated heterocycles. The molecule has 2 unspecified atom stereocenters. The summed E-state index contributed by atoms with van der Waals surface area (Å²) in [7, 11) is 3.11. The van der Waals surface area contributed by atoms with Gasteiger partial charge in [0.2, 0.25) is 0 Å². The number of methoxy groups -OCH3 is 1. The van der Waals surface area contributed by atoms with Crippen LogP contribution < -0.4 is 16.0 Å². The van der Waals surface area contributed by atoms with E-state index in [0.717, 1.165) is 4.90 Å². The Morgan fingerprint density at radius 1 is 1.29 bits per heavy atom. The van der Waals surface area contributed by atoms with Crippen molar-refractivity contribution in [1.82, 2.24) is 25.7 Å². The average Bonchev–Trinajstić information content (AvgIpc) is 3.62. The van der Waals surface area contributed by atoms with E-state index in [4.69, 9.17) is 4.74 Å². The van der Waals surface area contributed by atoms with Crippen LogP contribution in [-0.2, 0) is 16.0 Å². The number of ether oxygens (including phenoxy) is 1. The van der Waals surface area contributed by atoms with Crippen LogP contribution in [0.15, 0.2) is 59.4 Å². The predicted molar refractivity (Wildman–Crippen MR) is 144 cm³/mol. The van der Waals surface area contributed by atoms with Gasteiger partial charge in [-0.3, -0.25) is 4.79 Å². The van der Waals surface area contributed by atoms with Crippen LogP contribution in [0.5, 0.6) is 0 Å². The van der Waals surface area contributed by atoms with Crippen LogP contribution in [-0.4, -0.2) is 79.3 Å². The van der Waals surface area contributed by atoms with Crippen LogP contribution >= 0.6 is 0 Å². The Bertz CT molecular complexity index is 1280. The molecule has 228 valence electrons. The lowest BCUT2D eigenvalue weighted by Crippen LogP contribution is -2.40. The third-order valence-electron chi connectivity index (χ3n) is 5.76. The van der Waals surface area contributed by atoms with Gasteiger partial charge in [0, 0.05) is 20.4 Å². The molecule has 3 heterocycles. The van der Waals surface area contributed by atoms with Crippen molar-refractivity contribution in [1.29, 1.82) is 0 Å². The fraction of sp³-hybridized carbons (Fsp3) is 0.370. The third kappa shape index (κ3) is 10.1. The van der Waals surface area contributed by atoms with E-state index in [2.05, 4.69) is 25.3 Å². The number of aldehydes is 1. The van der Waals surface area contributed by atoms with Gasteiger partial charge in [0.05, 0.1) is 31.4 Å². The maximum atomic E-state index is 12.8. The molecule has 11 nitrogen and oxygen atoms in total. The highest BCUT2D eigenvalue weighted by atomic mass is 19.4. The van der Waals surface area contributed by atoms with Gasteiger partial charge < -0.3 is 34.9 Å². The fourth-order valence-corrected chi connectivity index (χ4v) is 3.67. The Morgan fingerprint density at radius 2 is 2.00 bits per heavy atom. The lowest BCUT2D eigenvalue weighted by atomic mass is 10.1. The van der Waals surface area contributed by atoms with E-state index in [1.807, 2.05) is 12.2 Å². The lowest BCUT2D eigenvalue weighted by molar-refractivity contribution is -0.150. The number of hydrogen-bond donors (Lipinski definition) is 3. The molecule has 2 aromatic heterocycles. The van der Waals surface area contributed by atoms with E-state index in [1.165, 1.54) is 31.7 Å². The number of alkyl halides is 3. The van der Waals surface area contributed by atoms with Crippen LogP contribution in [0.1, 0.15) is 34.6 Å².